The van der Waals surface area contributed by atoms with Gasteiger partial charge in [-0.2, -0.15) is 0 Å². The molecule has 2 heterocycles. The minimum Gasteiger partial charge on any atom is -0.349 e. The minimum atomic E-state index is 0.0479. The van der Waals surface area contributed by atoms with Crippen molar-refractivity contribution in [2.45, 2.75) is 32.7 Å². The van der Waals surface area contributed by atoms with Gasteiger partial charge in [0.2, 0.25) is 0 Å². The summed E-state index contributed by atoms with van der Waals surface area (Å²) in [7, 11) is 0. The van der Waals surface area contributed by atoms with Crippen LogP contribution >= 0.6 is 0 Å². The first kappa shape index (κ1) is 9.31. The maximum atomic E-state index is 11.5. The lowest BCUT2D eigenvalue weighted by atomic mass is 9.89. The fourth-order valence-corrected chi connectivity index (χ4v) is 1.68. The molecule has 0 saturated carbocycles. The van der Waals surface area contributed by atoms with Crippen molar-refractivity contribution in [3.05, 3.63) is 23.5 Å². The van der Waals surface area contributed by atoms with Crippen LogP contribution in [0.1, 0.15) is 36.8 Å². The van der Waals surface area contributed by atoms with E-state index in [2.05, 4.69) is 32.3 Å². The van der Waals surface area contributed by atoms with E-state index >= 15 is 0 Å². The van der Waals surface area contributed by atoms with Crippen LogP contribution in [0.15, 0.2) is 12.3 Å². The van der Waals surface area contributed by atoms with E-state index in [9.17, 15) is 4.79 Å². The highest BCUT2D eigenvalue weighted by Gasteiger charge is 2.22. The van der Waals surface area contributed by atoms with Crippen molar-refractivity contribution in [2.24, 2.45) is 0 Å². The van der Waals surface area contributed by atoms with Crippen LogP contribution in [0.5, 0.6) is 0 Å². The van der Waals surface area contributed by atoms with Crippen molar-refractivity contribution in [3.8, 4) is 0 Å². The van der Waals surface area contributed by atoms with E-state index in [4.69, 9.17) is 0 Å². The van der Waals surface area contributed by atoms with Crippen molar-refractivity contribution in [2.75, 3.05) is 6.54 Å². The first-order valence-electron chi connectivity index (χ1n) is 4.97. The van der Waals surface area contributed by atoms with E-state index in [0.29, 0.717) is 0 Å². The maximum Gasteiger partial charge on any atom is 0.267 e. The highest BCUT2D eigenvalue weighted by atomic mass is 16.2. The molecule has 0 saturated heterocycles. The molecule has 2 rings (SSSR count). The van der Waals surface area contributed by atoms with Crippen molar-refractivity contribution in [1.29, 1.82) is 0 Å². The molecule has 0 spiro atoms. The number of nitrogens with one attached hydrogen (secondary N) is 1. The quantitative estimate of drug-likeness (QED) is 0.664. The molecule has 76 valence electrons. The van der Waals surface area contributed by atoms with Gasteiger partial charge in [-0.15, -0.1) is 0 Å². The number of aromatic nitrogens is 1. The molecule has 0 aromatic carbocycles. The molecular formula is C11H16N2O. The molecule has 1 aliphatic heterocycles. The number of amides is 1. The number of carbonyl (C=O) groups excluding carboxylic acids is 1. The molecule has 0 bridgehead atoms. The normalized spacial score (nSPS) is 16.4. The third-order valence-corrected chi connectivity index (χ3v) is 2.63. The van der Waals surface area contributed by atoms with Gasteiger partial charge in [0.05, 0.1) is 0 Å². The third-order valence-electron chi connectivity index (χ3n) is 2.63. The summed E-state index contributed by atoms with van der Waals surface area (Å²) in [6, 6.07) is 1.99. The van der Waals surface area contributed by atoms with Crippen LogP contribution in [0.4, 0.5) is 0 Å². The highest BCUT2D eigenvalue weighted by molar-refractivity contribution is 5.93. The molecule has 1 aromatic heterocycles. The number of rotatable bonds is 0. The third kappa shape index (κ3) is 1.43. The molecule has 1 aliphatic rings. The summed E-state index contributed by atoms with van der Waals surface area (Å²) >= 11 is 0. The van der Waals surface area contributed by atoms with Gasteiger partial charge in [0, 0.05) is 19.3 Å². The molecule has 0 unspecified atom stereocenters. The van der Waals surface area contributed by atoms with Crippen LogP contribution in [0.25, 0.3) is 0 Å². The fourth-order valence-electron chi connectivity index (χ4n) is 1.68. The van der Waals surface area contributed by atoms with Gasteiger partial charge < -0.3 is 9.88 Å². The molecule has 1 aromatic rings. The first-order chi connectivity index (χ1) is 6.48. The Morgan fingerprint density at radius 3 is 2.71 bits per heavy atom. The molecule has 0 aliphatic carbocycles. The Bertz CT molecular complexity index is 371. The van der Waals surface area contributed by atoms with Crippen molar-refractivity contribution < 1.29 is 4.79 Å². The van der Waals surface area contributed by atoms with Crippen LogP contribution in [0.3, 0.4) is 0 Å². The van der Waals surface area contributed by atoms with E-state index in [1.165, 1.54) is 5.56 Å². The van der Waals surface area contributed by atoms with Crippen molar-refractivity contribution >= 4 is 5.91 Å². The number of fused-ring (bicyclic) bond motifs is 1. The monoisotopic (exact) mass is 192 g/mol. The SMILES string of the molecule is CC(C)(C)c1cc2n(c1)CCNC2=O. The van der Waals surface area contributed by atoms with E-state index < -0.39 is 0 Å². The number of nitrogens with zero attached hydrogens (tertiary/aromatic N) is 1. The predicted octanol–water partition coefficient (Wildman–Crippen LogP) is 1.53. The molecule has 0 radical (unpaired) electrons. The van der Waals surface area contributed by atoms with Gasteiger partial charge in [-0.3, -0.25) is 4.79 Å². The average molecular weight is 192 g/mol. The van der Waals surface area contributed by atoms with Crippen LogP contribution in [0, 0.1) is 0 Å². The molecule has 0 fully saturated rings. The predicted molar refractivity (Wildman–Crippen MR) is 55.5 cm³/mol. The van der Waals surface area contributed by atoms with Gasteiger partial charge in [0.1, 0.15) is 5.69 Å². The molecular weight excluding hydrogens is 176 g/mol. The lowest BCUT2D eigenvalue weighted by molar-refractivity contribution is 0.0928. The second-order valence-corrected chi connectivity index (χ2v) is 4.81. The zero-order valence-electron chi connectivity index (χ0n) is 8.92. The van der Waals surface area contributed by atoms with E-state index in [-0.39, 0.29) is 11.3 Å². The van der Waals surface area contributed by atoms with Gasteiger partial charge in [-0.05, 0) is 17.0 Å². The Kier molecular flexibility index (Phi) is 1.91. The Morgan fingerprint density at radius 2 is 2.14 bits per heavy atom. The van der Waals surface area contributed by atoms with Gasteiger partial charge in [-0.1, -0.05) is 20.8 Å². The summed E-state index contributed by atoms with van der Waals surface area (Å²) in [5.74, 6) is 0.0479. The molecule has 3 nitrogen and oxygen atoms in total. The number of hydrogen-bond acceptors (Lipinski definition) is 1. The lowest BCUT2D eigenvalue weighted by Gasteiger charge is -2.16. The highest BCUT2D eigenvalue weighted by Crippen LogP contribution is 2.25. The maximum absolute atomic E-state index is 11.5. The lowest BCUT2D eigenvalue weighted by Crippen LogP contribution is -2.34. The fraction of sp³-hybridized carbons (Fsp3) is 0.545. The molecule has 0 atom stereocenters. The first-order valence-corrected chi connectivity index (χ1v) is 4.97. The Labute approximate surface area is 84.1 Å². The summed E-state index contributed by atoms with van der Waals surface area (Å²) in [4.78, 5) is 11.5. The second kappa shape index (κ2) is 2.87. The molecule has 1 N–H and O–H groups in total. The van der Waals surface area contributed by atoms with Crippen LogP contribution in [-0.2, 0) is 12.0 Å². The van der Waals surface area contributed by atoms with Gasteiger partial charge in [-0.25, -0.2) is 0 Å². The largest absolute Gasteiger partial charge is 0.349 e. The summed E-state index contributed by atoms with van der Waals surface area (Å²) in [6.07, 6.45) is 2.09. The van der Waals surface area contributed by atoms with Gasteiger partial charge in [0.15, 0.2) is 0 Å². The summed E-state index contributed by atoms with van der Waals surface area (Å²) < 4.78 is 2.04. The summed E-state index contributed by atoms with van der Waals surface area (Å²) in [6.45, 7) is 8.10. The standard InChI is InChI=1S/C11H16N2O/c1-11(2,3)8-6-9-10(14)12-4-5-13(9)7-8/h6-7H,4-5H2,1-3H3,(H,12,14). The zero-order chi connectivity index (χ0) is 10.3. The van der Waals surface area contributed by atoms with E-state index in [0.717, 1.165) is 18.8 Å². The molecule has 14 heavy (non-hydrogen) atoms. The molecule has 3 heteroatoms. The van der Waals surface area contributed by atoms with Crippen molar-refractivity contribution in [1.82, 2.24) is 9.88 Å². The Morgan fingerprint density at radius 1 is 1.43 bits per heavy atom. The van der Waals surface area contributed by atoms with Crippen molar-refractivity contribution in [3.63, 3.8) is 0 Å². The Balaban J connectivity index is 2.45. The minimum absolute atomic E-state index is 0.0479. The van der Waals surface area contributed by atoms with E-state index in [1.54, 1.807) is 0 Å². The Hall–Kier alpha value is -1.25. The smallest absolute Gasteiger partial charge is 0.267 e. The van der Waals surface area contributed by atoms with Crippen LogP contribution < -0.4 is 5.32 Å². The zero-order valence-corrected chi connectivity index (χ0v) is 8.92. The van der Waals surface area contributed by atoms with E-state index in [1.807, 2.05) is 10.6 Å². The molecule has 1 amide bonds. The van der Waals surface area contributed by atoms with Crippen LogP contribution in [0.2, 0.25) is 0 Å². The second-order valence-electron chi connectivity index (χ2n) is 4.81. The average Bonchev–Trinajstić information content (AvgIpc) is 2.48. The summed E-state index contributed by atoms with van der Waals surface area (Å²) in [5.41, 5.74) is 2.13. The number of hydrogen-bond donors (Lipinski definition) is 1. The summed E-state index contributed by atoms with van der Waals surface area (Å²) in [5, 5.41) is 2.84. The van der Waals surface area contributed by atoms with Crippen LogP contribution in [-0.4, -0.2) is 17.0 Å². The number of carbonyl (C=O) groups is 1. The topological polar surface area (TPSA) is 34.0 Å². The van der Waals surface area contributed by atoms with Gasteiger partial charge >= 0.3 is 0 Å². The van der Waals surface area contributed by atoms with Gasteiger partial charge in [0.25, 0.3) is 5.91 Å².